The summed E-state index contributed by atoms with van der Waals surface area (Å²) < 4.78 is 0. The molecule has 0 spiro atoms. The summed E-state index contributed by atoms with van der Waals surface area (Å²) in [5.41, 5.74) is 1.94. The van der Waals surface area contributed by atoms with Gasteiger partial charge in [-0.1, -0.05) is 25.1 Å². The molecule has 1 aromatic heterocycles. The molecule has 0 aliphatic carbocycles. The van der Waals surface area contributed by atoms with Crippen LogP contribution in [-0.2, 0) is 0 Å². The molecule has 0 bridgehead atoms. The van der Waals surface area contributed by atoms with Crippen LogP contribution in [0.4, 0.5) is 0 Å². The minimum atomic E-state index is 0.207. The van der Waals surface area contributed by atoms with Crippen molar-refractivity contribution in [2.45, 2.75) is 32.7 Å². The largest absolute Gasteiger partial charge is 0.309 e. The van der Waals surface area contributed by atoms with Gasteiger partial charge in [-0.2, -0.15) is 15.0 Å². The molecule has 1 unspecified atom stereocenters. The average Bonchev–Trinajstić information content (AvgIpc) is 2.97. The van der Waals surface area contributed by atoms with Crippen LogP contribution in [0.3, 0.4) is 0 Å². The van der Waals surface area contributed by atoms with Gasteiger partial charge in [0.15, 0.2) is 0 Å². The van der Waals surface area contributed by atoms with Crippen molar-refractivity contribution in [1.29, 1.82) is 0 Å². The number of rotatable bonds is 6. The second kappa shape index (κ2) is 7.46. The van der Waals surface area contributed by atoms with Crippen molar-refractivity contribution in [2.75, 3.05) is 6.54 Å². The fourth-order valence-electron chi connectivity index (χ4n) is 2.06. The van der Waals surface area contributed by atoms with E-state index < -0.39 is 0 Å². The highest BCUT2D eigenvalue weighted by atomic mass is 15.5. The molecule has 1 heterocycles. The normalized spacial score (nSPS) is 11.7. The summed E-state index contributed by atoms with van der Waals surface area (Å²) in [6, 6.07) is 10.1. The Bertz CT molecular complexity index is 577. The molecule has 0 saturated carbocycles. The summed E-state index contributed by atoms with van der Waals surface area (Å²) in [6.45, 7) is 4.87. The van der Waals surface area contributed by atoms with Crippen molar-refractivity contribution in [3.8, 4) is 17.5 Å². The van der Waals surface area contributed by atoms with Gasteiger partial charge in [0.25, 0.3) is 0 Å². The second-order valence-electron chi connectivity index (χ2n) is 4.47. The Labute approximate surface area is 120 Å². The third kappa shape index (κ3) is 3.69. The number of nitrogens with zero attached hydrogens (tertiary/aromatic N) is 3. The molecule has 20 heavy (non-hydrogen) atoms. The van der Waals surface area contributed by atoms with Gasteiger partial charge in [-0.15, -0.1) is 11.8 Å². The smallest absolute Gasteiger partial charge is 0.100 e. The number of aromatic nitrogens is 3. The number of hydrogen-bond donors (Lipinski definition) is 1. The zero-order chi connectivity index (χ0) is 14.2. The SMILES string of the molecule is CC#CCCC(NCC)c1cnn(-c2ccccc2)n1. The van der Waals surface area contributed by atoms with Crippen molar-refractivity contribution < 1.29 is 0 Å². The first-order valence-corrected chi connectivity index (χ1v) is 6.95. The lowest BCUT2D eigenvalue weighted by Crippen LogP contribution is -2.21. The Kier molecular flexibility index (Phi) is 5.33. The first-order valence-electron chi connectivity index (χ1n) is 6.95. The molecule has 0 fully saturated rings. The van der Waals surface area contributed by atoms with E-state index >= 15 is 0 Å². The molecule has 0 aliphatic heterocycles. The van der Waals surface area contributed by atoms with E-state index in [1.807, 2.05) is 43.5 Å². The van der Waals surface area contributed by atoms with Gasteiger partial charge >= 0.3 is 0 Å². The standard InChI is InChI=1S/C16H20N4/c1-3-5-7-12-15(17-4-2)16-13-18-20(19-16)14-10-8-6-9-11-14/h6,8-11,13,15,17H,4,7,12H2,1-2H3. The highest BCUT2D eigenvalue weighted by Gasteiger charge is 2.14. The number of para-hydroxylation sites is 1. The molecule has 104 valence electrons. The fraction of sp³-hybridized carbons (Fsp3) is 0.375. The van der Waals surface area contributed by atoms with E-state index in [1.165, 1.54) is 0 Å². The van der Waals surface area contributed by atoms with E-state index in [1.54, 1.807) is 4.80 Å². The van der Waals surface area contributed by atoms with Gasteiger partial charge < -0.3 is 5.32 Å². The molecule has 0 saturated heterocycles. The average molecular weight is 268 g/mol. The van der Waals surface area contributed by atoms with Crippen LogP contribution in [0.5, 0.6) is 0 Å². The van der Waals surface area contributed by atoms with Crippen LogP contribution in [0, 0.1) is 11.8 Å². The molecule has 1 atom stereocenters. The van der Waals surface area contributed by atoms with Crippen molar-refractivity contribution in [1.82, 2.24) is 20.3 Å². The third-order valence-electron chi connectivity index (χ3n) is 3.04. The van der Waals surface area contributed by atoms with E-state index in [-0.39, 0.29) is 6.04 Å². The van der Waals surface area contributed by atoms with Crippen molar-refractivity contribution in [3.05, 3.63) is 42.2 Å². The molecular weight excluding hydrogens is 248 g/mol. The Morgan fingerprint density at radius 2 is 2.10 bits per heavy atom. The van der Waals surface area contributed by atoms with Crippen LogP contribution in [0.1, 0.15) is 38.4 Å². The Morgan fingerprint density at radius 3 is 2.80 bits per heavy atom. The molecule has 1 N–H and O–H groups in total. The molecule has 0 amide bonds. The molecule has 2 aromatic rings. The van der Waals surface area contributed by atoms with Crippen molar-refractivity contribution in [3.63, 3.8) is 0 Å². The van der Waals surface area contributed by atoms with Crippen LogP contribution in [0.15, 0.2) is 36.5 Å². The topological polar surface area (TPSA) is 42.7 Å². The molecule has 0 aliphatic rings. The predicted octanol–water partition coefficient (Wildman–Crippen LogP) is 2.72. The van der Waals surface area contributed by atoms with Gasteiger partial charge in [0.1, 0.15) is 5.69 Å². The van der Waals surface area contributed by atoms with E-state index in [0.717, 1.165) is 30.8 Å². The maximum atomic E-state index is 4.57. The van der Waals surface area contributed by atoms with E-state index in [4.69, 9.17) is 0 Å². The van der Waals surface area contributed by atoms with Crippen LogP contribution >= 0.6 is 0 Å². The Hall–Kier alpha value is -2.12. The number of benzene rings is 1. The second-order valence-corrected chi connectivity index (χ2v) is 4.47. The summed E-state index contributed by atoms with van der Waals surface area (Å²) >= 11 is 0. The van der Waals surface area contributed by atoms with E-state index in [0.29, 0.717) is 0 Å². The first-order chi connectivity index (χ1) is 9.85. The number of nitrogens with one attached hydrogen (secondary N) is 1. The molecule has 4 heteroatoms. The highest BCUT2D eigenvalue weighted by Crippen LogP contribution is 2.16. The molecule has 2 rings (SSSR count). The van der Waals surface area contributed by atoms with Crippen LogP contribution < -0.4 is 5.32 Å². The van der Waals surface area contributed by atoms with Crippen molar-refractivity contribution >= 4 is 0 Å². The summed E-state index contributed by atoms with van der Waals surface area (Å²) in [5, 5.41) is 12.4. The number of hydrogen-bond acceptors (Lipinski definition) is 3. The molecule has 4 nitrogen and oxygen atoms in total. The van der Waals surface area contributed by atoms with Crippen molar-refractivity contribution in [2.24, 2.45) is 0 Å². The third-order valence-corrected chi connectivity index (χ3v) is 3.04. The molecule has 1 aromatic carbocycles. The minimum absolute atomic E-state index is 0.207. The molecular formula is C16H20N4. The van der Waals surface area contributed by atoms with Crippen LogP contribution in [0.2, 0.25) is 0 Å². The van der Waals surface area contributed by atoms with Gasteiger partial charge in [-0.25, -0.2) is 0 Å². The van der Waals surface area contributed by atoms with Crippen LogP contribution in [0.25, 0.3) is 5.69 Å². The monoisotopic (exact) mass is 268 g/mol. The lowest BCUT2D eigenvalue weighted by Gasteiger charge is -2.13. The summed E-state index contributed by atoms with van der Waals surface area (Å²) in [6.07, 6.45) is 3.65. The highest BCUT2D eigenvalue weighted by molar-refractivity contribution is 5.28. The maximum absolute atomic E-state index is 4.57. The van der Waals surface area contributed by atoms with Gasteiger partial charge in [0.05, 0.1) is 17.9 Å². The zero-order valence-electron chi connectivity index (χ0n) is 12.0. The summed E-state index contributed by atoms with van der Waals surface area (Å²) in [4.78, 5) is 1.67. The van der Waals surface area contributed by atoms with Gasteiger partial charge in [0, 0.05) is 6.42 Å². The maximum Gasteiger partial charge on any atom is 0.100 e. The fourth-order valence-corrected chi connectivity index (χ4v) is 2.06. The van der Waals surface area contributed by atoms with Gasteiger partial charge in [0.2, 0.25) is 0 Å². The Morgan fingerprint density at radius 1 is 1.30 bits per heavy atom. The van der Waals surface area contributed by atoms with Gasteiger partial charge in [-0.3, -0.25) is 0 Å². The van der Waals surface area contributed by atoms with E-state index in [9.17, 15) is 0 Å². The van der Waals surface area contributed by atoms with Crippen LogP contribution in [-0.4, -0.2) is 21.5 Å². The molecule has 0 radical (unpaired) electrons. The lowest BCUT2D eigenvalue weighted by atomic mass is 10.1. The zero-order valence-corrected chi connectivity index (χ0v) is 12.0. The summed E-state index contributed by atoms with van der Waals surface area (Å²) in [5.74, 6) is 6.03. The summed E-state index contributed by atoms with van der Waals surface area (Å²) in [7, 11) is 0. The first kappa shape index (κ1) is 14.3. The van der Waals surface area contributed by atoms with Gasteiger partial charge in [-0.05, 0) is 32.0 Å². The minimum Gasteiger partial charge on any atom is -0.309 e. The lowest BCUT2D eigenvalue weighted by molar-refractivity contribution is 0.506. The quantitative estimate of drug-likeness (QED) is 0.819. The Balaban J connectivity index is 2.13. The van der Waals surface area contributed by atoms with E-state index in [2.05, 4.69) is 34.3 Å². The predicted molar refractivity (Wildman–Crippen MR) is 80.5 cm³/mol.